The number of ether oxygens (including phenoxy) is 1. The molecule has 0 spiro atoms. The molecule has 0 N–H and O–H groups in total. The Labute approximate surface area is 223 Å². The third-order valence-electron chi connectivity index (χ3n) is 7.53. The van der Waals surface area contributed by atoms with E-state index < -0.39 is 5.95 Å². The molecule has 0 unspecified atom stereocenters. The third-order valence-corrected chi connectivity index (χ3v) is 7.53. The van der Waals surface area contributed by atoms with Crippen LogP contribution in [0.4, 0.5) is 14.6 Å². The van der Waals surface area contributed by atoms with Crippen molar-refractivity contribution in [2.75, 3.05) is 11.9 Å². The average Bonchev–Trinajstić information content (AvgIpc) is 3.63. The van der Waals surface area contributed by atoms with E-state index in [1.54, 1.807) is 28.8 Å². The minimum atomic E-state index is -0.537. The van der Waals surface area contributed by atoms with Crippen LogP contribution in [0.25, 0.3) is 11.3 Å². The van der Waals surface area contributed by atoms with Gasteiger partial charge in [-0.15, -0.1) is 0 Å². The van der Waals surface area contributed by atoms with Crippen molar-refractivity contribution in [1.82, 2.24) is 19.7 Å². The first-order valence-electron chi connectivity index (χ1n) is 12.9. The Morgan fingerprint density at radius 2 is 1.79 bits per heavy atom. The van der Waals surface area contributed by atoms with Gasteiger partial charge in [0.05, 0.1) is 24.3 Å². The van der Waals surface area contributed by atoms with Crippen molar-refractivity contribution >= 4 is 17.7 Å². The second-order valence-electron chi connectivity index (χ2n) is 9.99. The summed E-state index contributed by atoms with van der Waals surface area (Å²) in [7, 11) is 1.72. The summed E-state index contributed by atoms with van der Waals surface area (Å²) in [5.41, 5.74) is 2.57. The van der Waals surface area contributed by atoms with Crippen LogP contribution in [0, 0.1) is 11.8 Å². The van der Waals surface area contributed by atoms with Crippen molar-refractivity contribution in [3.8, 4) is 22.9 Å². The number of benzene rings is 2. The Morgan fingerprint density at radius 1 is 1.00 bits per heavy atom. The van der Waals surface area contributed by atoms with Gasteiger partial charge in [0.2, 0.25) is 17.8 Å². The lowest BCUT2D eigenvalue weighted by molar-refractivity contribution is 0.0862. The maximum absolute atomic E-state index is 13.6. The SMILES string of the molecule is CN1C(=O)c2c(nn(Cc3ccc(-c4cccc(F)n4)cc3)c2Oc2ccc(F)cc2)N2C1=N[C@@H]1CCC[C@@H]12. The number of pyridine rings is 1. The van der Waals surface area contributed by atoms with Gasteiger partial charge in [-0.2, -0.15) is 9.49 Å². The molecule has 10 heteroatoms. The van der Waals surface area contributed by atoms with E-state index in [1.165, 1.54) is 30.3 Å². The maximum atomic E-state index is 13.6. The van der Waals surface area contributed by atoms with Gasteiger partial charge in [0.15, 0.2) is 5.82 Å². The largest absolute Gasteiger partial charge is 0.438 e. The summed E-state index contributed by atoms with van der Waals surface area (Å²) in [5.74, 6) is 0.650. The second kappa shape index (κ2) is 9.00. The lowest BCUT2D eigenvalue weighted by Gasteiger charge is -2.33. The van der Waals surface area contributed by atoms with Crippen molar-refractivity contribution in [1.29, 1.82) is 0 Å². The highest BCUT2D eigenvalue weighted by Gasteiger charge is 2.49. The number of amides is 1. The monoisotopic (exact) mass is 526 g/mol. The molecule has 0 bridgehead atoms. The Balaban J connectivity index is 1.29. The van der Waals surface area contributed by atoms with E-state index in [4.69, 9.17) is 14.8 Å². The first-order chi connectivity index (χ1) is 19.0. The number of carbonyl (C=O) groups excluding carboxylic acids is 1. The average molecular weight is 527 g/mol. The predicted octanol–water partition coefficient (Wildman–Crippen LogP) is 5.25. The molecule has 2 atom stereocenters. The van der Waals surface area contributed by atoms with Crippen molar-refractivity contribution in [3.63, 3.8) is 0 Å². The van der Waals surface area contributed by atoms with E-state index in [0.717, 1.165) is 30.4 Å². The number of hydrogen-bond acceptors (Lipinski definition) is 6. The molecule has 1 amide bonds. The van der Waals surface area contributed by atoms with Gasteiger partial charge in [-0.25, -0.2) is 19.0 Å². The number of halogens is 2. The van der Waals surface area contributed by atoms with Gasteiger partial charge in [0.1, 0.15) is 17.1 Å². The number of aromatic nitrogens is 3. The van der Waals surface area contributed by atoms with E-state index in [2.05, 4.69) is 9.88 Å². The summed E-state index contributed by atoms with van der Waals surface area (Å²) >= 11 is 0. The second-order valence-corrected chi connectivity index (χ2v) is 9.99. The van der Waals surface area contributed by atoms with Crippen LogP contribution in [0.5, 0.6) is 11.6 Å². The van der Waals surface area contributed by atoms with E-state index in [-0.39, 0.29) is 29.7 Å². The zero-order valence-corrected chi connectivity index (χ0v) is 21.1. The van der Waals surface area contributed by atoms with Gasteiger partial charge in [0.25, 0.3) is 5.91 Å². The van der Waals surface area contributed by atoms with Gasteiger partial charge in [-0.1, -0.05) is 30.3 Å². The number of anilines is 1. The summed E-state index contributed by atoms with van der Waals surface area (Å²) in [6, 6.07) is 18.2. The molecule has 1 fully saturated rings. The standard InChI is InChI=1S/C29H24F2N6O2/c1-35-27(38)25-26(37-23-6-2-5-22(23)33-29(35)37)34-36(28(25)39-20-14-12-19(30)13-15-20)16-17-8-10-18(11-9-17)21-4-3-7-24(31)32-21/h3-4,7-15,22-23H,2,5-6,16H2,1H3/t22-,23+/m1/s1. The van der Waals surface area contributed by atoms with Crippen molar-refractivity contribution in [2.45, 2.75) is 37.9 Å². The van der Waals surface area contributed by atoms with Gasteiger partial charge in [-0.3, -0.25) is 14.6 Å². The molecule has 8 nitrogen and oxygen atoms in total. The molecule has 7 rings (SSSR count). The molecule has 3 aliphatic rings. The molecule has 1 saturated carbocycles. The predicted molar refractivity (Wildman–Crippen MR) is 141 cm³/mol. The molecule has 39 heavy (non-hydrogen) atoms. The fourth-order valence-electron chi connectivity index (χ4n) is 5.63. The fourth-order valence-corrected chi connectivity index (χ4v) is 5.63. The molecule has 1 aliphatic carbocycles. The van der Waals surface area contributed by atoms with Crippen LogP contribution in [0.3, 0.4) is 0 Å². The number of carbonyl (C=O) groups is 1. The number of rotatable bonds is 5. The molecule has 196 valence electrons. The van der Waals surface area contributed by atoms with Gasteiger partial charge in [0, 0.05) is 12.6 Å². The van der Waals surface area contributed by atoms with E-state index in [0.29, 0.717) is 35.3 Å². The topological polar surface area (TPSA) is 75.8 Å². The Bertz CT molecular complexity index is 1620. The van der Waals surface area contributed by atoms with Crippen LogP contribution in [0.2, 0.25) is 0 Å². The highest BCUT2D eigenvalue weighted by molar-refractivity contribution is 6.20. The summed E-state index contributed by atoms with van der Waals surface area (Å²) in [4.78, 5) is 26.1. The number of guanidine groups is 1. The smallest absolute Gasteiger partial charge is 0.269 e. The van der Waals surface area contributed by atoms with E-state index in [9.17, 15) is 13.6 Å². The third kappa shape index (κ3) is 3.94. The highest BCUT2D eigenvalue weighted by Crippen LogP contribution is 2.44. The van der Waals surface area contributed by atoms with Crippen LogP contribution in [-0.4, -0.2) is 50.7 Å². The molecule has 0 saturated heterocycles. The Hall–Kier alpha value is -4.60. The molecule has 2 aromatic heterocycles. The van der Waals surface area contributed by atoms with E-state index in [1.807, 2.05) is 24.3 Å². The van der Waals surface area contributed by atoms with Crippen LogP contribution in [-0.2, 0) is 6.54 Å². The molecule has 4 heterocycles. The van der Waals surface area contributed by atoms with Crippen molar-refractivity contribution < 1.29 is 18.3 Å². The lowest BCUT2D eigenvalue weighted by atomic mass is 10.1. The minimum Gasteiger partial charge on any atom is -0.438 e. The zero-order chi connectivity index (χ0) is 26.7. The van der Waals surface area contributed by atoms with Crippen molar-refractivity contribution in [2.24, 2.45) is 4.99 Å². The van der Waals surface area contributed by atoms with Crippen LogP contribution < -0.4 is 9.64 Å². The molecule has 2 aromatic carbocycles. The first kappa shape index (κ1) is 23.5. The maximum Gasteiger partial charge on any atom is 0.269 e. The Kier molecular flexibility index (Phi) is 5.43. The molecular weight excluding hydrogens is 502 g/mol. The summed E-state index contributed by atoms with van der Waals surface area (Å²) < 4.78 is 35.1. The fraction of sp³-hybridized carbons (Fsp3) is 0.241. The summed E-state index contributed by atoms with van der Waals surface area (Å²) in [6.07, 6.45) is 3.02. The van der Waals surface area contributed by atoms with Gasteiger partial charge in [-0.05, 0) is 61.2 Å². The number of aliphatic imine (C=N–C) groups is 1. The van der Waals surface area contributed by atoms with Crippen LogP contribution in [0.15, 0.2) is 71.7 Å². The number of nitrogens with zero attached hydrogens (tertiary/aromatic N) is 6. The Morgan fingerprint density at radius 3 is 2.56 bits per heavy atom. The van der Waals surface area contributed by atoms with Crippen LogP contribution >= 0.6 is 0 Å². The minimum absolute atomic E-state index is 0.136. The lowest BCUT2D eigenvalue weighted by Crippen LogP contribution is -2.51. The van der Waals surface area contributed by atoms with Crippen molar-refractivity contribution in [3.05, 3.63) is 89.6 Å². The number of hydrogen-bond donors (Lipinski definition) is 0. The molecule has 0 radical (unpaired) electrons. The molecular formula is C29H24F2N6O2. The first-order valence-corrected chi connectivity index (χ1v) is 12.9. The summed E-state index contributed by atoms with van der Waals surface area (Å²) in [6.45, 7) is 0.311. The van der Waals surface area contributed by atoms with E-state index >= 15 is 0 Å². The van der Waals surface area contributed by atoms with Gasteiger partial charge >= 0.3 is 0 Å². The normalized spacial score (nSPS) is 19.6. The highest BCUT2D eigenvalue weighted by atomic mass is 19.1. The number of fused-ring (bicyclic) bond motifs is 5. The van der Waals surface area contributed by atoms with Crippen LogP contribution in [0.1, 0.15) is 35.2 Å². The van der Waals surface area contributed by atoms with Gasteiger partial charge < -0.3 is 4.74 Å². The molecule has 2 aliphatic heterocycles. The zero-order valence-electron chi connectivity index (χ0n) is 21.1. The summed E-state index contributed by atoms with van der Waals surface area (Å²) in [5, 5.41) is 4.89. The molecule has 4 aromatic rings. The quantitative estimate of drug-likeness (QED) is 0.332.